The lowest BCUT2D eigenvalue weighted by Gasteiger charge is -2.26. The molecule has 0 aliphatic heterocycles. The van der Waals surface area contributed by atoms with Gasteiger partial charge in [-0.3, -0.25) is 0 Å². The maximum absolute atomic E-state index is 10.1. The number of hydrogen-bond acceptors (Lipinski definition) is 1. The Kier molecular flexibility index (Phi) is 2.94. The molecule has 0 aromatic rings. The fraction of sp³-hybridized carbons (Fsp3) is 1.00. The number of unbranched alkanes of at least 4 members (excludes halogenated alkanes) is 1. The van der Waals surface area contributed by atoms with E-state index in [0.717, 1.165) is 12.8 Å². The molecule has 1 rings (SSSR count). The zero-order chi connectivity index (χ0) is 8.32. The van der Waals surface area contributed by atoms with Gasteiger partial charge in [0, 0.05) is 0 Å². The third-order valence-electron chi connectivity index (χ3n) is 2.91. The Hall–Kier alpha value is -0.0400. The molecule has 0 aromatic carbocycles. The average molecular weight is 156 g/mol. The van der Waals surface area contributed by atoms with Crippen molar-refractivity contribution in [2.45, 2.75) is 58.0 Å². The molecular formula is C10H20O. The highest BCUT2D eigenvalue weighted by atomic mass is 16.3. The summed E-state index contributed by atoms with van der Waals surface area (Å²) in [5.41, 5.74) is -0.296. The highest BCUT2D eigenvalue weighted by Gasteiger charge is 2.41. The van der Waals surface area contributed by atoms with Gasteiger partial charge in [-0.15, -0.1) is 0 Å². The Bertz CT molecular complexity index is 118. The summed E-state index contributed by atoms with van der Waals surface area (Å²) >= 11 is 0. The van der Waals surface area contributed by atoms with Gasteiger partial charge in [0.15, 0.2) is 0 Å². The maximum Gasteiger partial charge on any atom is 0.0673 e. The second kappa shape index (κ2) is 3.57. The first-order valence-corrected chi connectivity index (χ1v) is 4.95. The molecule has 1 fully saturated rings. The van der Waals surface area contributed by atoms with E-state index in [1.54, 1.807) is 0 Å². The molecule has 1 atom stereocenters. The largest absolute Gasteiger partial charge is 0.390 e. The van der Waals surface area contributed by atoms with Crippen LogP contribution in [0.2, 0.25) is 0 Å². The average Bonchev–Trinajstić information content (AvgIpc) is 2.82. The number of hydrogen-bond donors (Lipinski definition) is 1. The summed E-state index contributed by atoms with van der Waals surface area (Å²) in [5.74, 6) is 0.638. The van der Waals surface area contributed by atoms with Crippen molar-refractivity contribution in [2.75, 3.05) is 0 Å². The van der Waals surface area contributed by atoms with E-state index < -0.39 is 0 Å². The quantitative estimate of drug-likeness (QED) is 0.649. The Morgan fingerprint density at radius 2 is 2.00 bits per heavy atom. The van der Waals surface area contributed by atoms with Crippen molar-refractivity contribution in [1.82, 2.24) is 0 Å². The molecule has 0 bridgehead atoms. The summed E-state index contributed by atoms with van der Waals surface area (Å²) in [6, 6.07) is 0. The van der Waals surface area contributed by atoms with Crippen molar-refractivity contribution in [3.8, 4) is 0 Å². The van der Waals surface area contributed by atoms with E-state index >= 15 is 0 Å². The van der Waals surface area contributed by atoms with Crippen LogP contribution in [-0.2, 0) is 0 Å². The molecule has 11 heavy (non-hydrogen) atoms. The smallest absolute Gasteiger partial charge is 0.0673 e. The number of aliphatic hydroxyl groups is 1. The molecule has 66 valence electrons. The van der Waals surface area contributed by atoms with Crippen LogP contribution in [0.15, 0.2) is 0 Å². The van der Waals surface area contributed by atoms with Gasteiger partial charge in [-0.25, -0.2) is 0 Å². The maximum atomic E-state index is 10.1. The van der Waals surface area contributed by atoms with Crippen molar-refractivity contribution < 1.29 is 5.11 Å². The van der Waals surface area contributed by atoms with Crippen LogP contribution in [-0.4, -0.2) is 10.7 Å². The van der Waals surface area contributed by atoms with Crippen molar-refractivity contribution in [2.24, 2.45) is 5.92 Å². The van der Waals surface area contributed by atoms with Gasteiger partial charge in [0.1, 0.15) is 0 Å². The van der Waals surface area contributed by atoms with Crippen LogP contribution in [0, 0.1) is 5.92 Å². The molecule has 0 spiro atoms. The molecule has 1 N–H and O–H groups in total. The van der Waals surface area contributed by atoms with Gasteiger partial charge in [-0.1, -0.05) is 26.7 Å². The van der Waals surface area contributed by atoms with E-state index in [0.29, 0.717) is 5.92 Å². The molecule has 1 aliphatic rings. The molecule has 1 nitrogen and oxygen atoms in total. The van der Waals surface area contributed by atoms with E-state index in [9.17, 15) is 5.11 Å². The summed E-state index contributed by atoms with van der Waals surface area (Å²) in [7, 11) is 0. The summed E-state index contributed by atoms with van der Waals surface area (Å²) in [5, 5.41) is 10.1. The lowest BCUT2D eigenvalue weighted by atomic mass is 9.89. The molecule has 0 aromatic heterocycles. The normalized spacial score (nSPS) is 23.2. The van der Waals surface area contributed by atoms with E-state index in [4.69, 9.17) is 0 Å². The van der Waals surface area contributed by atoms with Crippen LogP contribution in [0.1, 0.15) is 52.4 Å². The van der Waals surface area contributed by atoms with Crippen LogP contribution < -0.4 is 0 Å². The predicted molar refractivity (Wildman–Crippen MR) is 47.5 cm³/mol. The van der Waals surface area contributed by atoms with Gasteiger partial charge in [0.25, 0.3) is 0 Å². The molecular weight excluding hydrogens is 136 g/mol. The third-order valence-corrected chi connectivity index (χ3v) is 2.91. The van der Waals surface area contributed by atoms with Crippen LogP contribution >= 0.6 is 0 Å². The lowest BCUT2D eigenvalue weighted by Crippen LogP contribution is -2.30. The van der Waals surface area contributed by atoms with E-state index in [1.165, 1.54) is 25.7 Å². The zero-order valence-electron chi connectivity index (χ0n) is 7.77. The van der Waals surface area contributed by atoms with Crippen LogP contribution in [0.4, 0.5) is 0 Å². The monoisotopic (exact) mass is 156 g/mol. The van der Waals surface area contributed by atoms with E-state index in [-0.39, 0.29) is 5.60 Å². The van der Waals surface area contributed by atoms with Crippen molar-refractivity contribution >= 4 is 0 Å². The van der Waals surface area contributed by atoms with Gasteiger partial charge < -0.3 is 5.11 Å². The minimum absolute atomic E-state index is 0.296. The lowest BCUT2D eigenvalue weighted by molar-refractivity contribution is 0.00325. The Morgan fingerprint density at radius 3 is 2.36 bits per heavy atom. The van der Waals surface area contributed by atoms with E-state index in [2.05, 4.69) is 13.8 Å². The molecule has 0 saturated heterocycles. The minimum atomic E-state index is -0.296. The highest BCUT2D eigenvalue weighted by Crippen LogP contribution is 2.43. The van der Waals surface area contributed by atoms with Crippen molar-refractivity contribution in [3.05, 3.63) is 0 Å². The zero-order valence-corrected chi connectivity index (χ0v) is 7.77. The Labute approximate surface area is 69.8 Å². The minimum Gasteiger partial charge on any atom is -0.390 e. The summed E-state index contributed by atoms with van der Waals surface area (Å²) < 4.78 is 0. The molecule has 0 amide bonds. The molecule has 0 radical (unpaired) electrons. The third kappa shape index (κ3) is 2.19. The molecule has 1 heteroatoms. The molecule has 1 unspecified atom stereocenters. The summed E-state index contributed by atoms with van der Waals surface area (Å²) in [6.45, 7) is 4.29. The van der Waals surface area contributed by atoms with Gasteiger partial charge in [-0.05, 0) is 31.6 Å². The first kappa shape index (κ1) is 9.05. The van der Waals surface area contributed by atoms with Crippen molar-refractivity contribution in [3.63, 3.8) is 0 Å². The second-order valence-electron chi connectivity index (χ2n) is 3.83. The van der Waals surface area contributed by atoms with Gasteiger partial charge >= 0.3 is 0 Å². The van der Waals surface area contributed by atoms with E-state index in [1.807, 2.05) is 0 Å². The second-order valence-corrected chi connectivity index (χ2v) is 3.83. The first-order chi connectivity index (χ1) is 5.23. The van der Waals surface area contributed by atoms with Crippen molar-refractivity contribution in [1.29, 1.82) is 0 Å². The Balaban J connectivity index is 2.31. The SMILES string of the molecule is CCCCC(O)(CC)C1CC1. The summed E-state index contributed by atoms with van der Waals surface area (Å²) in [6.07, 6.45) is 6.86. The van der Waals surface area contributed by atoms with Gasteiger partial charge in [0.2, 0.25) is 0 Å². The topological polar surface area (TPSA) is 20.2 Å². The highest BCUT2D eigenvalue weighted by molar-refractivity contribution is 4.93. The number of rotatable bonds is 5. The molecule has 1 saturated carbocycles. The summed E-state index contributed by atoms with van der Waals surface area (Å²) in [4.78, 5) is 0. The van der Waals surface area contributed by atoms with Gasteiger partial charge in [-0.2, -0.15) is 0 Å². The standard InChI is InChI=1S/C10H20O/c1-3-5-8-10(11,4-2)9-6-7-9/h9,11H,3-8H2,1-2H3. The van der Waals surface area contributed by atoms with Crippen LogP contribution in [0.3, 0.4) is 0 Å². The fourth-order valence-corrected chi connectivity index (χ4v) is 1.77. The van der Waals surface area contributed by atoms with Crippen LogP contribution in [0.5, 0.6) is 0 Å². The molecule has 1 aliphatic carbocycles. The predicted octanol–water partition coefficient (Wildman–Crippen LogP) is 2.73. The van der Waals surface area contributed by atoms with Gasteiger partial charge in [0.05, 0.1) is 5.60 Å². The molecule has 0 heterocycles. The van der Waals surface area contributed by atoms with Crippen LogP contribution in [0.25, 0.3) is 0 Å². The first-order valence-electron chi connectivity index (χ1n) is 4.95. The Morgan fingerprint density at radius 1 is 1.36 bits per heavy atom. The fourth-order valence-electron chi connectivity index (χ4n) is 1.77.